The fourth-order valence-corrected chi connectivity index (χ4v) is 1.54. The molecule has 1 atom stereocenters. The third-order valence-electron chi connectivity index (χ3n) is 2.36. The monoisotopic (exact) mass is 211 g/mol. The Balaban J connectivity index is 1.91. The SMILES string of the molecule is CC(C)NCc1noc(C2CCCO2)n1. The minimum Gasteiger partial charge on any atom is -0.368 e. The Hall–Kier alpha value is -0.940. The van der Waals surface area contributed by atoms with Crippen LogP contribution in [0.15, 0.2) is 4.52 Å². The van der Waals surface area contributed by atoms with Crippen molar-refractivity contribution in [3.8, 4) is 0 Å². The first kappa shape index (κ1) is 10.6. The van der Waals surface area contributed by atoms with Crippen LogP contribution in [0.2, 0.25) is 0 Å². The number of nitrogens with zero attached hydrogens (tertiary/aromatic N) is 2. The maximum atomic E-state index is 5.46. The van der Waals surface area contributed by atoms with E-state index in [4.69, 9.17) is 9.26 Å². The molecule has 2 rings (SSSR count). The van der Waals surface area contributed by atoms with Crippen molar-refractivity contribution in [3.05, 3.63) is 11.7 Å². The van der Waals surface area contributed by atoms with Gasteiger partial charge >= 0.3 is 0 Å². The van der Waals surface area contributed by atoms with Gasteiger partial charge in [-0.2, -0.15) is 4.98 Å². The van der Waals surface area contributed by atoms with Crippen LogP contribution in [-0.4, -0.2) is 22.8 Å². The van der Waals surface area contributed by atoms with E-state index in [-0.39, 0.29) is 6.10 Å². The molecule has 0 aliphatic carbocycles. The number of nitrogens with one attached hydrogen (secondary N) is 1. The highest BCUT2D eigenvalue weighted by atomic mass is 16.5. The summed E-state index contributed by atoms with van der Waals surface area (Å²) in [5.74, 6) is 1.32. The standard InChI is InChI=1S/C10H17N3O2/c1-7(2)11-6-9-12-10(15-13-9)8-4-3-5-14-8/h7-8,11H,3-6H2,1-2H3. The van der Waals surface area contributed by atoms with E-state index < -0.39 is 0 Å². The fourth-order valence-electron chi connectivity index (χ4n) is 1.54. The summed E-state index contributed by atoms with van der Waals surface area (Å²) in [4.78, 5) is 4.30. The van der Waals surface area contributed by atoms with Gasteiger partial charge in [-0.1, -0.05) is 19.0 Å². The third kappa shape index (κ3) is 2.76. The smallest absolute Gasteiger partial charge is 0.255 e. The van der Waals surface area contributed by atoms with E-state index in [1.807, 2.05) is 0 Å². The van der Waals surface area contributed by atoms with Crippen molar-refractivity contribution < 1.29 is 9.26 Å². The minimum atomic E-state index is 0.0188. The molecule has 1 aliphatic heterocycles. The Labute approximate surface area is 89.2 Å². The van der Waals surface area contributed by atoms with E-state index in [0.29, 0.717) is 24.3 Å². The number of aromatic nitrogens is 2. The van der Waals surface area contributed by atoms with Crippen LogP contribution in [0.1, 0.15) is 44.5 Å². The number of hydrogen-bond donors (Lipinski definition) is 1. The van der Waals surface area contributed by atoms with E-state index in [2.05, 4.69) is 29.3 Å². The van der Waals surface area contributed by atoms with Crippen molar-refractivity contribution in [2.45, 2.75) is 45.4 Å². The zero-order valence-corrected chi connectivity index (χ0v) is 9.19. The van der Waals surface area contributed by atoms with E-state index in [9.17, 15) is 0 Å². The fraction of sp³-hybridized carbons (Fsp3) is 0.800. The topological polar surface area (TPSA) is 60.2 Å². The van der Waals surface area contributed by atoms with Crippen molar-refractivity contribution in [1.82, 2.24) is 15.5 Å². The van der Waals surface area contributed by atoms with Crippen molar-refractivity contribution in [3.63, 3.8) is 0 Å². The van der Waals surface area contributed by atoms with Gasteiger partial charge in [0.05, 0.1) is 6.54 Å². The van der Waals surface area contributed by atoms with Gasteiger partial charge in [-0.3, -0.25) is 0 Å². The molecule has 1 aliphatic rings. The molecule has 1 aromatic heterocycles. The molecule has 0 bridgehead atoms. The zero-order chi connectivity index (χ0) is 10.7. The van der Waals surface area contributed by atoms with Gasteiger partial charge in [-0.15, -0.1) is 0 Å². The second kappa shape index (κ2) is 4.72. The maximum Gasteiger partial charge on any atom is 0.255 e. The van der Waals surface area contributed by atoms with Gasteiger partial charge < -0.3 is 14.6 Å². The highest BCUT2D eigenvalue weighted by molar-refractivity contribution is 4.91. The van der Waals surface area contributed by atoms with Gasteiger partial charge in [0.1, 0.15) is 6.10 Å². The lowest BCUT2D eigenvalue weighted by Gasteiger charge is -2.03. The Morgan fingerprint density at radius 1 is 1.53 bits per heavy atom. The molecule has 1 fully saturated rings. The largest absolute Gasteiger partial charge is 0.368 e. The predicted molar refractivity (Wildman–Crippen MR) is 54.2 cm³/mol. The van der Waals surface area contributed by atoms with Crippen LogP contribution in [0.4, 0.5) is 0 Å². The van der Waals surface area contributed by atoms with Crippen LogP contribution in [0.5, 0.6) is 0 Å². The van der Waals surface area contributed by atoms with Crippen LogP contribution < -0.4 is 5.32 Å². The molecule has 0 aromatic carbocycles. The summed E-state index contributed by atoms with van der Waals surface area (Å²) in [6.45, 7) is 5.61. The van der Waals surface area contributed by atoms with Gasteiger partial charge in [-0.25, -0.2) is 0 Å². The molecule has 5 heteroatoms. The molecule has 1 aromatic rings. The van der Waals surface area contributed by atoms with Crippen molar-refractivity contribution in [1.29, 1.82) is 0 Å². The second-order valence-corrected chi connectivity index (χ2v) is 4.09. The number of rotatable bonds is 4. The highest BCUT2D eigenvalue weighted by Gasteiger charge is 2.23. The summed E-state index contributed by atoms with van der Waals surface area (Å²) in [6, 6.07) is 0.426. The van der Waals surface area contributed by atoms with E-state index in [1.54, 1.807) is 0 Å². The number of ether oxygens (including phenoxy) is 1. The molecule has 5 nitrogen and oxygen atoms in total. The van der Waals surface area contributed by atoms with Crippen LogP contribution in [0.3, 0.4) is 0 Å². The number of hydrogen-bond acceptors (Lipinski definition) is 5. The molecular formula is C10H17N3O2. The van der Waals surface area contributed by atoms with Gasteiger partial charge in [0.25, 0.3) is 5.89 Å². The molecule has 15 heavy (non-hydrogen) atoms. The van der Waals surface area contributed by atoms with Crippen LogP contribution >= 0.6 is 0 Å². The molecule has 2 heterocycles. The molecule has 1 unspecified atom stereocenters. The Morgan fingerprint density at radius 3 is 3.07 bits per heavy atom. The van der Waals surface area contributed by atoms with E-state index in [0.717, 1.165) is 19.4 Å². The molecule has 1 saturated heterocycles. The highest BCUT2D eigenvalue weighted by Crippen LogP contribution is 2.26. The molecular weight excluding hydrogens is 194 g/mol. The van der Waals surface area contributed by atoms with Gasteiger partial charge in [0.15, 0.2) is 5.82 Å². The predicted octanol–water partition coefficient (Wildman–Crippen LogP) is 1.42. The molecule has 0 saturated carbocycles. The molecule has 0 amide bonds. The Kier molecular flexibility index (Phi) is 3.33. The summed E-state index contributed by atoms with van der Waals surface area (Å²) in [6.07, 6.45) is 2.08. The lowest BCUT2D eigenvalue weighted by molar-refractivity contribution is 0.0835. The van der Waals surface area contributed by atoms with Crippen molar-refractivity contribution >= 4 is 0 Å². The quantitative estimate of drug-likeness (QED) is 0.816. The molecule has 1 N–H and O–H groups in total. The first-order valence-electron chi connectivity index (χ1n) is 5.43. The summed E-state index contributed by atoms with van der Waals surface area (Å²) < 4.78 is 10.6. The summed E-state index contributed by atoms with van der Waals surface area (Å²) >= 11 is 0. The molecule has 84 valence electrons. The average Bonchev–Trinajstić information content (AvgIpc) is 2.85. The summed E-state index contributed by atoms with van der Waals surface area (Å²) in [5.41, 5.74) is 0. The lowest BCUT2D eigenvalue weighted by Crippen LogP contribution is -2.22. The first-order valence-corrected chi connectivity index (χ1v) is 5.43. The van der Waals surface area contributed by atoms with Gasteiger partial charge in [0.2, 0.25) is 0 Å². The van der Waals surface area contributed by atoms with Crippen LogP contribution in [0.25, 0.3) is 0 Å². The Bertz CT molecular complexity index is 305. The van der Waals surface area contributed by atoms with Gasteiger partial charge in [-0.05, 0) is 12.8 Å². The normalized spacial score (nSPS) is 21.4. The zero-order valence-electron chi connectivity index (χ0n) is 9.19. The second-order valence-electron chi connectivity index (χ2n) is 4.09. The molecule has 0 spiro atoms. The maximum absolute atomic E-state index is 5.46. The molecule has 0 radical (unpaired) electrons. The minimum absolute atomic E-state index is 0.0188. The average molecular weight is 211 g/mol. The summed E-state index contributed by atoms with van der Waals surface area (Å²) in [5, 5.41) is 7.14. The van der Waals surface area contributed by atoms with E-state index in [1.165, 1.54) is 0 Å². The Morgan fingerprint density at radius 2 is 2.40 bits per heavy atom. The van der Waals surface area contributed by atoms with Crippen LogP contribution in [-0.2, 0) is 11.3 Å². The first-order chi connectivity index (χ1) is 7.25. The van der Waals surface area contributed by atoms with Crippen molar-refractivity contribution in [2.75, 3.05) is 6.61 Å². The van der Waals surface area contributed by atoms with E-state index >= 15 is 0 Å². The van der Waals surface area contributed by atoms with Crippen LogP contribution in [0, 0.1) is 0 Å². The lowest BCUT2D eigenvalue weighted by atomic mass is 10.2. The summed E-state index contributed by atoms with van der Waals surface area (Å²) in [7, 11) is 0. The third-order valence-corrected chi connectivity index (χ3v) is 2.36. The van der Waals surface area contributed by atoms with Gasteiger partial charge in [0, 0.05) is 12.6 Å². The van der Waals surface area contributed by atoms with Crippen molar-refractivity contribution in [2.24, 2.45) is 0 Å².